The normalized spacial score (nSPS) is 12.1. The molecule has 0 aliphatic rings. The van der Waals surface area contributed by atoms with Crippen molar-refractivity contribution in [1.29, 1.82) is 0 Å². The van der Waals surface area contributed by atoms with Gasteiger partial charge in [-0.1, -0.05) is 67.7 Å². The average Bonchev–Trinajstić information content (AvgIpc) is 2.78. The zero-order valence-electron chi connectivity index (χ0n) is 19.6. The third-order valence-electron chi connectivity index (χ3n) is 5.29. The quantitative estimate of drug-likeness (QED) is 0.412. The summed E-state index contributed by atoms with van der Waals surface area (Å²) in [6, 6.07) is 12.5. The van der Waals surface area contributed by atoms with Gasteiger partial charge in [0.25, 0.3) is 0 Å². The molecule has 0 bridgehead atoms. The summed E-state index contributed by atoms with van der Waals surface area (Å²) < 4.78 is 26.1. The number of anilines is 1. The second-order valence-electron chi connectivity index (χ2n) is 7.93. The molecule has 1 atom stereocenters. The molecule has 7 nitrogen and oxygen atoms in total. The van der Waals surface area contributed by atoms with E-state index in [4.69, 9.17) is 23.2 Å². The first-order valence-electron chi connectivity index (χ1n) is 11.1. The van der Waals surface area contributed by atoms with Crippen LogP contribution in [0.25, 0.3) is 0 Å². The van der Waals surface area contributed by atoms with Gasteiger partial charge in [0.2, 0.25) is 21.8 Å². The van der Waals surface area contributed by atoms with Gasteiger partial charge >= 0.3 is 0 Å². The van der Waals surface area contributed by atoms with E-state index in [9.17, 15) is 18.0 Å². The minimum atomic E-state index is -3.76. The van der Waals surface area contributed by atoms with Crippen molar-refractivity contribution >= 4 is 50.7 Å². The summed E-state index contributed by atoms with van der Waals surface area (Å²) in [5.74, 6) is -0.808. The lowest BCUT2D eigenvalue weighted by molar-refractivity contribution is -0.140. The molecule has 0 spiro atoms. The monoisotopic (exact) mass is 527 g/mol. The van der Waals surface area contributed by atoms with Crippen molar-refractivity contribution < 1.29 is 18.0 Å². The Hall–Kier alpha value is -2.29. The van der Waals surface area contributed by atoms with Crippen LogP contribution in [0.3, 0.4) is 0 Å². The summed E-state index contributed by atoms with van der Waals surface area (Å²) in [5, 5.41) is 3.68. The predicted molar refractivity (Wildman–Crippen MR) is 138 cm³/mol. The number of hydrogen-bond acceptors (Lipinski definition) is 4. The number of sulfonamides is 1. The van der Waals surface area contributed by atoms with Crippen molar-refractivity contribution in [3.63, 3.8) is 0 Å². The van der Waals surface area contributed by atoms with Crippen LogP contribution in [0, 0.1) is 0 Å². The van der Waals surface area contributed by atoms with Crippen molar-refractivity contribution in [2.45, 2.75) is 45.7 Å². The number of nitrogens with zero attached hydrogens (tertiary/aromatic N) is 2. The van der Waals surface area contributed by atoms with Crippen molar-refractivity contribution in [2.24, 2.45) is 0 Å². The van der Waals surface area contributed by atoms with Gasteiger partial charge in [-0.05, 0) is 42.7 Å². The fourth-order valence-corrected chi connectivity index (χ4v) is 4.78. The van der Waals surface area contributed by atoms with Crippen molar-refractivity contribution in [1.82, 2.24) is 10.2 Å². The Kier molecular flexibility index (Phi) is 10.7. The van der Waals surface area contributed by atoms with E-state index < -0.39 is 28.5 Å². The zero-order chi connectivity index (χ0) is 25.3. The molecule has 10 heteroatoms. The number of unbranched alkanes of at least 4 members (excludes halogenated alkanes) is 1. The Labute approximate surface area is 212 Å². The summed E-state index contributed by atoms with van der Waals surface area (Å²) >= 11 is 12.4. The minimum absolute atomic E-state index is 0.0287. The standard InChI is InChI=1S/C24H31Cl2N3O4S/c1-4-6-14-27-24(31)22(5-2)28(16-18-12-13-19(25)15-21(18)26)23(30)17-29(34(3,32)33)20-10-8-7-9-11-20/h7-13,15,22H,4-6,14,16-17H2,1-3H3,(H,27,31)/t22-/m0/s1. The fourth-order valence-electron chi connectivity index (χ4n) is 3.47. The van der Waals surface area contributed by atoms with Gasteiger partial charge in [0.1, 0.15) is 12.6 Å². The molecule has 34 heavy (non-hydrogen) atoms. The molecule has 2 rings (SSSR count). The Balaban J connectivity index is 2.41. The summed E-state index contributed by atoms with van der Waals surface area (Å²) in [4.78, 5) is 27.9. The van der Waals surface area contributed by atoms with Crippen LogP contribution in [0.2, 0.25) is 10.0 Å². The van der Waals surface area contributed by atoms with E-state index in [2.05, 4.69) is 5.32 Å². The fraction of sp³-hybridized carbons (Fsp3) is 0.417. The van der Waals surface area contributed by atoms with Gasteiger partial charge in [0.05, 0.1) is 11.9 Å². The largest absolute Gasteiger partial charge is 0.354 e. The number of hydrogen-bond donors (Lipinski definition) is 1. The number of carbonyl (C=O) groups is 2. The van der Waals surface area contributed by atoms with E-state index in [-0.39, 0.29) is 12.5 Å². The lowest BCUT2D eigenvalue weighted by Crippen LogP contribution is -2.52. The third-order valence-corrected chi connectivity index (χ3v) is 7.02. The number of para-hydroxylation sites is 1. The number of rotatable bonds is 12. The average molecular weight is 529 g/mol. The van der Waals surface area contributed by atoms with Crippen LogP contribution in [-0.4, -0.2) is 50.5 Å². The zero-order valence-corrected chi connectivity index (χ0v) is 22.0. The van der Waals surface area contributed by atoms with Gasteiger partial charge in [-0.2, -0.15) is 0 Å². The maximum absolute atomic E-state index is 13.6. The highest BCUT2D eigenvalue weighted by Crippen LogP contribution is 2.24. The van der Waals surface area contributed by atoms with Gasteiger partial charge in [-0.3, -0.25) is 13.9 Å². The van der Waals surface area contributed by atoms with Gasteiger partial charge in [-0.25, -0.2) is 8.42 Å². The van der Waals surface area contributed by atoms with Gasteiger partial charge in [0, 0.05) is 23.1 Å². The van der Waals surface area contributed by atoms with E-state index in [0.29, 0.717) is 34.3 Å². The van der Waals surface area contributed by atoms with Gasteiger partial charge in [-0.15, -0.1) is 0 Å². The topological polar surface area (TPSA) is 86.8 Å². The molecule has 0 heterocycles. The molecule has 0 unspecified atom stereocenters. The molecule has 2 aromatic carbocycles. The van der Waals surface area contributed by atoms with Crippen LogP contribution < -0.4 is 9.62 Å². The molecule has 0 aromatic heterocycles. The third kappa shape index (κ3) is 7.89. The maximum Gasteiger partial charge on any atom is 0.244 e. The summed E-state index contributed by atoms with van der Waals surface area (Å²) in [6.45, 7) is 3.90. The Morgan fingerprint density at radius 1 is 1.06 bits per heavy atom. The molecule has 0 saturated carbocycles. The SMILES string of the molecule is CCCCNC(=O)[C@H](CC)N(Cc1ccc(Cl)cc1Cl)C(=O)CN(c1ccccc1)S(C)(=O)=O. The number of halogens is 2. The van der Waals surface area contributed by atoms with Crippen LogP contribution in [-0.2, 0) is 26.2 Å². The van der Waals surface area contributed by atoms with E-state index in [0.717, 1.165) is 23.4 Å². The smallest absolute Gasteiger partial charge is 0.244 e. The molecular formula is C24H31Cl2N3O4S. The van der Waals surface area contributed by atoms with Crippen LogP contribution in [0.5, 0.6) is 0 Å². The number of carbonyl (C=O) groups excluding carboxylic acids is 2. The van der Waals surface area contributed by atoms with E-state index in [1.165, 1.54) is 4.90 Å². The van der Waals surface area contributed by atoms with Gasteiger partial charge < -0.3 is 10.2 Å². The highest BCUT2D eigenvalue weighted by atomic mass is 35.5. The molecule has 0 aliphatic heterocycles. The minimum Gasteiger partial charge on any atom is -0.354 e. The Morgan fingerprint density at radius 3 is 2.29 bits per heavy atom. The second kappa shape index (κ2) is 13.0. The number of amides is 2. The number of nitrogens with one attached hydrogen (secondary N) is 1. The Morgan fingerprint density at radius 2 is 1.74 bits per heavy atom. The molecule has 2 amide bonds. The molecule has 0 aliphatic carbocycles. The van der Waals surface area contributed by atoms with Crippen molar-refractivity contribution in [3.8, 4) is 0 Å². The lowest BCUT2D eigenvalue weighted by Gasteiger charge is -2.33. The molecule has 0 saturated heterocycles. The molecule has 0 radical (unpaired) electrons. The molecule has 1 N–H and O–H groups in total. The molecule has 0 fully saturated rings. The predicted octanol–water partition coefficient (Wildman–Crippen LogP) is 4.48. The van der Waals surface area contributed by atoms with Gasteiger partial charge in [0.15, 0.2) is 0 Å². The summed E-state index contributed by atoms with van der Waals surface area (Å²) in [5.41, 5.74) is 0.966. The highest BCUT2D eigenvalue weighted by Gasteiger charge is 2.32. The first-order valence-corrected chi connectivity index (χ1v) is 13.7. The highest BCUT2D eigenvalue weighted by molar-refractivity contribution is 7.92. The van der Waals surface area contributed by atoms with E-state index >= 15 is 0 Å². The summed E-state index contributed by atoms with van der Waals surface area (Å²) in [7, 11) is -3.76. The number of benzene rings is 2. The van der Waals surface area contributed by atoms with E-state index in [1.54, 1.807) is 55.5 Å². The molecular weight excluding hydrogens is 497 g/mol. The summed E-state index contributed by atoms with van der Waals surface area (Å²) in [6.07, 6.45) is 3.12. The van der Waals surface area contributed by atoms with Crippen LogP contribution in [0.15, 0.2) is 48.5 Å². The van der Waals surface area contributed by atoms with E-state index in [1.807, 2.05) is 6.92 Å². The molecule has 2 aromatic rings. The van der Waals surface area contributed by atoms with Crippen LogP contribution in [0.1, 0.15) is 38.7 Å². The molecule has 186 valence electrons. The second-order valence-corrected chi connectivity index (χ2v) is 10.7. The van der Waals surface area contributed by atoms with Crippen molar-refractivity contribution in [2.75, 3.05) is 23.7 Å². The lowest BCUT2D eigenvalue weighted by atomic mass is 10.1. The first kappa shape index (κ1) is 28.0. The first-order chi connectivity index (χ1) is 16.1. The Bertz CT molecular complexity index is 1080. The van der Waals surface area contributed by atoms with Crippen molar-refractivity contribution in [3.05, 3.63) is 64.1 Å². The maximum atomic E-state index is 13.6. The van der Waals surface area contributed by atoms with Crippen LogP contribution in [0.4, 0.5) is 5.69 Å². The van der Waals surface area contributed by atoms with Crippen LogP contribution >= 0.6 is 23.2 Å².